The van der Waals surface area contributed by atoms with Crippen molar-refractivity contribution in [2.75, 3.05) is 44.7 Å². The zero-order valence-electron chi connectivity index (χ0n) is 18.9. The van der Waals surface area contributed by atoms with E-state index in [-0.39, 0.29) is 27.6 Å². The SMILES string of the molecule is Cc1cc(F)c(COc2nsc(NC(=O)NCCCCCN3CCOCC3)c2C(=O)O)cc1F. The quantitative estimate of drug-likeness (QED) is 0.406. The lowest BCUT2D eigenvalue weighted by atomic mass is 10.1. The molecule has 1 aromatic carbocycles. The van der Waals surface area contributed by atoms with Gasteiger partial charge in [0.1, 0.15) is 23.2 Å². The van der Waals surface area contributed by atoms with Gasteiger partial charge in [0.15, 0.2) is 5.56 Å². The fourth-order valence-electron chi connectivity index (χ4n) is 3.40. The number of carboxylic acids is 1. The summed E-state index contributed by atoms with van der Waals surface area (Å²) in [5.74, 6) is -2.92. The second-order valence-electron chi connectivity index (χ2n) is 7.87. The number of aromatic carboxylic acids is 1. The molecule has 1 aromatic heterocycles. The van der Waals surface area contributed by atoms with Crippen LogP contribution >= 0.6 is 11.5 Å². The molecule has 0 atom stereocenters. The average molecular weight is 499 g/mol. The third kappa shape index (κ3) is 7.34. The van der Waals surface area contributed by atoms with Crippen molar-refractivity contribution in [1.82, 2.24) is 14.6 Å². The molecule has 0 spiro atoms. The number of benzene rings is 1. The Kier molecular flexibility index (Phi) is 9.54. The zero-order chi connectivity index (χ0) is 24.5. The lowest BCUT2D eigenvalue weighted by Crippen LogP contribution is -2.36. The minimum Gasteiger partial charge on any atom is -0.477 e. The molecule has 0 aliphatic carbocycles. The number of ether oxygens (including phenoxy) is 2. The number of nitrogens with one attached hydrogen (secondary N) is 2. The topological polar surface area (TPSA) is 113 Å². The molecule has 0 saturated carbocycles. The minimum atomic E-state index is -1.36. The summed E-state index contributed by atoms with van der Waals surface area (Å²) in [7, 11) is 0. The van der Waals surface area contributed by atoms with Crippen LogP contribution in [-0.4, -0.2) is 65.8 Å². The Morgan fingerprint density at radius 1 is 1.21 bits per heavy atom. The second-order valence-corrected chi connectivity index (χ2v) is 8.65. The predicted octanol–water partition coefficient (Wildman–Crippen LogP) is 3.63. The zero-order valence-corrected chi connectivity index (χ0v) is 19.7. The lowest BCUT2D eigenvalue weighted by Gasteiger charge is -2.26. The summed E-state index contributed by atoms with van der Waals surface area (Å²) in [5.41, 5.74) is -0.275. The van der Waals surface area contributed by atoms with Crippen molar-refractivity contribution in [3.63, 3.8) is 0 Å². The van der Waals surface area contributed by atoms with Crippen LogP contribution in [0.15, 0.2) is 12.1 Å². The van der Waals surface area contributed by atoms with E-state index >= 15 is 0 Å². The molecule has 0 unspecified atom stereocenters. The molecule has 0 bridgehead atoms. The van der Waals surface area contributed by atoms with Gasteiger partial charge in [-0.3, -0.25) is 10.2 Å². The molecular weight excluding hydrogens is 470 g/mol. The number of morpholine rings is 1. The summed E-state index contributed by atoms with van der Waals surface area (Å²) in [5, 5.41) is 14.7. The molecule has 1 aliphatic heterocycles. The first-order valence-corrected chi connectivity index (χ1v) is 11.8. The maximum absolute atomic E-state index is 14.0. The van der Waals surface area contributed by atoms with Crippen molar-refractivity contribution in [3.05, 3.63) is 40.5 Å². The van der Waals surface area contributed by atoms with E-state index in [0.717, 1.165) is 75.8 Å². The van der Waals surface area contributed by atoms with E-state index in [9.17, 15) is 23.5 Å². The van der Waals surface area contributed by atoms with Gasteiger partial charge in [0.05, 0.1) is 13.2 Å². The highest BCUT2D eigenvalue weighted by Crippen LogP contribution is 2.31. The summed E-state index contributed by atoms with van der Waals surface area (Å²) < 4.78 is 42.3. The van der Waals surface area contributed by atoms with Crippen LogP contribution in [0.25, 0.3) is 0 Å². The second kappa shape index (κ2) is 12.6. The maximum atomic E-state index is 14.0. The number of nitrogens with zero attached hydrogens (tertiary/aromatic N) is 2. The molecule has 1 aliphatic rings. The molecule has 2 heterocycles. The highest BCUT2D eigenvalue weighted by Gasteiger charge is 2.24. The van der Waals surface area contributed by atoms with Crippen LogP contribution in [0, 0.1) is 18.6 Å². The van der Waals surface area contributed by atoms with Crippen molar-refractivity contribution >= 4 is 28.5 Å². The minimum absolute atomic E-state index is 0.0112. The number of anilines is 1. The Morgan fingerprint density at radius 2 is 1.97 bits per heavy atom. The van der Waals surface area contributed by atoms with Crippen molar-refractivity contribution < 1.29 is 33.0 Å². The van der Waals surface area contributed by atoms with Gasteiger partial charge in [0, 0.05) is 25.2 Å². The van der Waals surface area contributed by atoms with E-state index in [1.165, 1.54) is 6.92 Å². The van der Waals surface area contributed by atoms with Crippen molar-refractivity contribution in [3.8, 4) is 5.88 Å². The predicted molar refractivity (Wildman–Crippen MR) is 123 cm³/mol. The Labute approximate surface area is 200 Å². The number of carboxylic acid groups (broad SMARTS) is 1. The molecule has 3 N–H and O–H groups in total. The molecule has 34 heavy (non-hydrogen) atoms. The standard InChI is InChI=1S/C22H28F2N4O5S/c1-14-11-17(24)15(12-16(14)23)13-33-19-18(21(29)30)20(34-27-19)26-22(31)25-5-3-2-4-6-28-7-9-32-10-8-28/h11-12H,2-10,13H2,1H3,(H,29,30)(H2,25,26,31). The van der Waals surface area contributed by atoms with Gasteiger partial charge in [-0.25, -0.2) is 18.4 Å². The van der Waals surface area contributed by atoms with Crippen LogP contribution in [0.4, 0.5) is 18.6 Å². The lowest BCUT2D eigenvalue weighted by molar-refractivity contribution is 0.0371. The number of hydrogen-bond donors (Lipinski definition) is 3. The number of aryl methyl sites for hydroxylation is 1. The van der Waals surface area contributed by atoms with Crippen LogP contribution in [0.2, 0.25) is 0 Å². The summed E-state index contributed by atoms with van der Waals surface area (Å²) in [6.45, 7) is 5.90. The van der Waals surface area contributed by atoms with Gasteiger partial charge in [-0.15, -0.1) is 0 Å². The number of amides is 2. The van der Waals surface area contributed by atoms with E-state index in [0.29, 0.717) is 6.54 Å². The largest absolute Gasteiger partial charge is 0.477 e. The van der Waals surface area contributed by atoms with E-state index in [2.05, 4.69) is 19.9 Å². The normalized spacial score (nSPS) is 14.1. The van der Waals surface area contributed by atoms with E-state index in [4.69, 9.17) is 9.47 Å². The first-order valence-electron chi connectivity index (χ1n) is 11.0. The first-order chi connectivity index (χ1) is 16.3. The molecule has 3 rings (SSSR count). The Bertz CT molecular complexity index is 998. The molecule has 186 valence electrons. The van der Waals surface area contributed by atoms with Gasteiger partial charge < -0.3 is 19.9 Å². The summed E-state index contributed by atoms with van der Waals surface area (Å²) in [4.78, 5) is 26.2. The Balaban J connectivity index is 1.45. The molecule has 2 amide bonds. The third-order valence-electron chi connectivity index (χ3n) is 5.33. The molecule has 9 nitrogen and oxygen atoms in total. The monoisotopic (exact) mass is 498 g/mol. The average Bonchev–Trinajstić information content (AvgIpc) is 3.21. The van der Waals surface area contributed by atoms with Gasteiger partial charge in [-0.05, 0) is 55.5 Å². The molecule has 1 fully saturated rings. The highest BCUT2D eigenvalue weighted by molar-refractivity contribution is 7.11. The molecular formula is C22H28F2N4O5S. The van der Waals surface area contributed by atoms with Crippen LogP contribution < -0.4 is 15.4 Å². The van der Waals surface area contributed by atoms with E-state index in [1.54, 1.807) is 0 Å². The molecule has 1 saturated heterocycles. The molecule has 12 heteroatoms. The number of rotatable bonds is 11. The van der Waals surface area contributed by atoms with Gasteiger partial charge in [0.25, 0.3) is 0 Å². The maximum Gasteiger partial charge on any atom is 0.344 e. The fourth-order valence-corrected chi connectivity index (χ4v) is 4.13. The number of hydrogen-bond acceptors (Lipinski definition) is 7. The Hall–Kier alpha value is -2.83. The fraction of sp³-hybridized carbons (Fsp3) is 0.500. The van der Waals surface area contributed by atoms with Gasteiger partial charge in [0.2, 0.25) is 5.88 Å². The van der Waals surface area contributed by atoms with Crippen LogP contribution in [-0.2, 0) is 11.3 Å². The van der Waals surface area contributed by atoms with Gasteiger partial charge >= 0.3 is 12.0 Å². The number of halogens is 2. The number of unbranched alkanes of at least 4 members (excludes halogenated alkanes) is 2. The van der Waals surface area contributed by atoms with Crippen molar-refractivity contribution in [2.24, 2.45) is 0 Å². The van der Waals surface area contributed by atoms with Gasteiger partial charge in [-0.1, -0.05) is 6.42 Å². The number of carbonyl (C=O) groups is 2. The summed E-state index contributed by atoms with van der Waals surface area (Å²) in [6.07, 6.45) is 2.76. The van der Waals surface area contributed by atoms with E-state index in [1.807, 2.05) is 0 Å². The summed E-state index contributed by atoms with van der Waals surface area (Å²) >= 11 is 0.730. The van der Waals surface area contributed by atoms with Crippen LogP contribution in [0.1, 0.15) is 40.7 Å². The highest BCUT2D eigenvalue weighted by atomic mass is 32.1. The third-order valence-corrected chi connectivity index (χ3v) is 6.08. The Morgan fingerprint density at radius 3 is 2.71 bits per heavy atom. The van der Waals surface area contributed by atoms with Gasteiger partial charge in [-0.2, -0.15) is 4.37 Å². The van der Waals surface area contributed by atoms with Crippen LogP contribution in [0.3, 0.4) is 0 Å². The molecule has 2 aromatic rings. The number of carbonyl (C=O) groups excluding carboxylic acids is 1. The summed E-state index contributed by atoms with van der Waals surface area (Å²) in [6, 6.07) is 1.47. The first kappa shape index (κ1) is 25.8. The number of aromatic nitrogens is 1. The van der Waals surface area contributed by atoms with Crippen molar-refractivity contribution in [2.45, 2.75) is 32.8 Å². The smallest absolute Gasteiger partial charge is 0.344 e. The van der Waals surface area contributed by atoms with E-state index < -0.39 is 30.2 Å². The van der Waals surface area contributed by atoms with Crippen molar-refractivity contribution in [1.29, 1.82) is 0 Å². The molecule has 0 radical (unpaired) electrons. The number of urea groups is 1. The van der Waals surface area contributed by atoms with Crippen LogP contribution in [0.5, 0.6) is 5.88 Å².